The summed E-state index contributed by atoms with van der Waals surface area (Å²) < 4.78 is 49.0. The Hall–Kier alpha value is -0.230. The van der Waals surface area contributed by atoms with Gasteiger partial charge in [0, 0.05) is 24.6 Å². The van der Waals surface area contributed by atoms with Crippen LogP contribution >= 0.6 is 0 Å². The van der Waals surface area contributed by atoms with E-state index in [0.717, 1.165) is 6.42 Å². The first kappa shape index (κ1) is 16.8. The predicted molar refractivity (Wildman–Crippen MR) is 73.3 cm³/mol. The molecule has 1 atom stereocenters. The van der Waals surface area contributed by atoms with Gasteiger partial charge in [0.1, 0.15) is 9.84 Å². The Morgan fingerprint density at radius 3 is 2.37 bits per heavy atom. The Balaban J connectivity index is 2.38. The van der Waals surface area contributed by atoms with Crippen molar-refractivity contribution in [2.45, 2.75) is 57.4 Å². The number of nitrogens with one attached hydrogen (secondary N) is 1. The molecule has 1 rings (SSSR count). The molecular weight excluding hydrogens is 272 g/mol. The van der Waals surface area contributed by atoms with Crippen LogP contribution < -0.4 is 5.32 Å². The van der Waals surface area contributed by atoms with E-state index in [2.05, 4.69) is 5.32 Å². The molecule has 6 heteroatoms. The second kappa shape index (κ2) is 6.97. The van der Waals surface area contributed by atoms with Gasteiger partial charge in [0.25, 0.3) is 0 Å². The third kappa shape index (κ3) is 5.73. The Morgan fingerprint density at radius 1 is 1.32 bits per heavy atom. The van der Waals surface area contributed by atoms with Crippen LogP contribution in [-0.2, 0) is 9.84 Å². The van der Waals surface area contributed by atoms with E-state index >= 15 is 0 Å². The minimum absolute atomic E-state index is 0.0386. The minimum Gasteiger partial charge on any atom is -0.317 e. The summed E-state index contributed by atoms with van der Waals surface area (Å²) in [6.07, 6.45) is 2.32. The number of alkyl halides is 2. The molecule has 1 saturated carbocycles. The first-order chi connectivity index (χ1) is 8.79. The van der Waals surface area contributed by atoms with Crippen molar-refractivity contribution in [1.29, 1.82) is 0 Å². The van der Waals surface area contributed by atoms with Gasteiger partial charge in [-0.2, -0.15) is 0 Å². The Kier molecular flexibility index (Phi) is 6.17. The molecule has 1 fully saturated rings. The summed E-state index contributed by atoms with van der Waals surface area (Å²) in [5, 5.41) is 3.16. The van der Waals surface area contributed by atoms with E-state index in [0.29, 0.717) is 19.3 Å². The highest BCUT2D eigenvalue weighted by atomic mass is 32.2. The molecule has 0 aromatic rings. The van der Waals surface area contributed by atoms with Crippen molar-refractivity contribution in [2.24, 2.45) is 5.92 Å². The molecule has 0 spiro atoms. The maximum Gasteiger partial charge on any atom is 0.248 e. The van der Waals surface area contributed by atoms with Crippen LogP contribution in [-0.4, -0.2) is 38.9 Å². The molecular formula is C13H25F2NO2S. The molecule has 0 aromatic carbocycles. The summed E-state index contributed by atoms with van der Waals surface area (Å²) in [5.74, 6) is -1.88. The van der Waals surface area contributed by atoms with Crippen LogP contribution in [0.25, 0.3) is 0 Å². The van der Waals surface area contributed by atoms with Gasteiger partial charge >= 0.3 is 0 Å². The third-order valence-corrected chi connectivity index (χ3v) is 5.90. The maximum absolute atomic E-state index is 13.1. The molecule has 19 heavy (non-hydrogen) atoms. The number of rotatable bonds is 7. The molecule has 1 N–H and O–H groups in total. The van der Waals surface area contributed by atoms with Crippen LogP contribution in [0.15, 0.2) is 0 Å². The Labute approximate surface area is 115 Å². The highest BCUT2D eigenvalue weighted by molar-refractivity contribution is 7.91. The van der Waals surface area contributed by atoms with Gasteiger partial charge < -0.3 is 5.32 Å². The van der Waals surface area contributed by atoms with E-state index in [1.54, 1.807) is 6.92 Å². The number of sulfone groups is 1. The maximum atomic E-state index is 13.1. The molecule has 0 bridgehead atoms. The van der Waals surface area contributed by atoms with Crippen LogP contribution in [0.5, 0.6) is 0 Å². The zero-order valence-corrected chi connectivity index (χ0v) is 12.6. The van der Waals surface area contributed by atoms with Crippen LogP contribution in [0.4, 0.5) is 8.78 Å². The summed E-state index contributed by atoms with van der Waals surface area (Å²) in [6, 6.07) is 0.156. The van der Waals surface area contributed by atoms with Gasteiger partial charge in [-0.05, 0) is 38.6 Å². The van der Waals surface area contributed by atoms with Gasteiger partial charge in [-0.25, -0.2) is 17.2 Å². The first-order valence-electron chi connectivity index (χ1n) is 7.05. The molecule has 0 radical (unpaired) electrons. The molecule has 0 amide bonds. The number of hydrogen-bond donors (Lipinski definition) is 1. The van der Waals surface area contributed by atoms with Crippen molar-refractivity contribution in [1.82, 2.24) is 5.32 Å². The van der Waals surface area contributed by atoms with Crippen molar-refractivity contribution < 1.29 is 17.2 Å². The van der Waals surface area contributed by atoms with Crippen molar-refractivity contribution >= 4 is 9.84 Å². The zero-order valence-electron chi connectivity index (χ0n) is 11.8. The molecule has 0 aromatic heterocycles. The molecule has 0 saturated heterocycles. The Bertz CT molecular complexity index is 361. The molecule has 0 heterocycles. The number of hydrogen-bond acceptors (Lipinski definition) is 3. The summed E-state index contributed by atoms with van der Waals surface area (Å²) >= 11 is 0. The van der Waals surface area contributed by atoms with Gasteiger partial charge in [-0.1, -0.05) is 6.92 Å². The van der Waals surface area contributed by atoms with E-state index in [1.807, 2.05) is 7.05 Å². The largest absolute Gasteiger partial charge is 0.317 e. The third-order valence-electron chi connectivity index (χ3n) is 4.11. The predicted octanol–water partition coefficient (Wildman–Crippen LogP) is 2.61. The van der Waals surface area contributed by atoms with E-state index < -0.39 is 15.8 Å². The lowest BCUT2D eigenvalue weighted by Gasteiger charge is -2.33. The molecule has 3 nitrogen and oxygen atoms in total. The standard InChI is InChI=1S/C13H25F2NO2S/c1-3-19(17,18)10-4-5-12(16-2)11-6-8-13(14,15)9-7-11/h11-12,16H,3-10H2,1-2H3. The molecule has 1 unspecified atom stereocenters. The van der Waals surface area contributed by atoms with Crippen molar-refractivity contribution in [2.75, 3.05) is 18.6 Å². The normalized spacial score (nSPS) is 22.3. The lowest BCUT2D eigenvalue weighted by molar-refractivity contribution is -0.0496. The molecule has 114 valence electrons. The van der Waals surface area contributed by atoms with Gasteiger partial charge in [-0.15, -0.1) is 0 Å². The fourth-order valence-electron chi connectivity index (χ4n) is 2.75. The second-order valence-electron chi connectivity index (χ2n) is 5.47. The molecule has 1 aliphatic carbocycles. The van der Waals surface area contributed by atoms with E-state index in [1.165, 1.54) is 0 Å². The summed E-state index contributed by atoms with van der Waals surface area (Å²) in [4.78, 5) is 0. The minimum atomic E-state index is -2.92. The van der Waals surface area contributed by atoms with Crippen LogP contribution in [0.2, 0.25) is 0 Å². The van der Waals surface area contributed by atoms with Crippen LogP contribution in [0, 0.1) is 5.92 Å². The fraction of sp³-hybridized carbons (Fsp3) is 1.00. The van der Waals surface area contributed by atoms with Crippen molar-refractivity contribution in [3.8, 4) is 0 Å². The molecule has 0 aliphatic heterocycles. The van der Waals surface area contributed by atoms with Gasteiger partial charge in [-0.3, -0.25) is 0 Å². The van der Waals surface area contributed by atoms with Crippen molar-refractivity contribution in [3.63, 3.8) is 0 Å². The van der Waals surface area contributed by atoms with E-state index in [-0.39, 0.29) is 36.3 Å². The van der Waals surface area contributed by atoms with Crippen molar-refractivity contribution in [3.05, 3.63) is 0 Å². The zero-order chi connectivity index (χ0) is 14.5. The van der Waals surface area contributed by atoms with Crippen LogP contribution in [0.3, 0.4) is 0 Å². The SMILES string of the molecule is CCS(=O)(=O)CCCC(NC)C1CCC(F)(F)CC1. The van der Waals surface area contributed by atoms with E-state index in [4.69, 9.17) is 0 Å². The van der Waals surface area contributed by atoms with Crippen LogP contribution in [0.1, 0.15) is 45.4 Å². The lowest BCUT2D eigenvalue weighted by Crippen LogP contribution is -2.38. The van der Waals surface area contributed by atoms with Gasteiger partial charge in [0.2, 0.25) is 5.92 Å². The van der Waals surface area contributed by atoms with Gasteiger partial charge in [0.15, 0.2) is 0 Å². The smallest absolute Gasteiger partial charge is 0.248 e. The quantitative estimate of drug-likeness (QED) is 0.785. The topological polar surface area (TPSA) is 46.2 Å². The lowest BCUT2D eigenvalue weighted by atomic mass is 9.81. The first-order valence-corrected chi connectivity index (χ1v) is 8.87. The second-order valence-corrected chi connectivity index (χ2v) is 7.94. The summed E-state index contributed by atoms with van der Waals surface area (Å²) in [5.41, 5.74) is 0. The average molecular weight is 297 g/mol. The number of halogens is 2. The Morgan fingerprint density at radius 2 is 1.89 bits per heavy atom. The molecule has 1 aliphatic rings. The van der Waals surface area contributed by atoms with Gasteiger partial charge in [0.05, 0.1) is 5.75 Å². The summed E-state index contributed by atoms with van der Waals surface area (Å²) in [7, 11) is -1.10. The summed E-state index contributed by atoms with van der Waals surface area (Å²) in [6.45, 7) is 1.65. The average Bonchev–Trinajstić information content (AvgIpc) is 2.35. The van der Waals surface area contributed by atoms with E-state index in [9.17, 15) is 17.2 Å². The fourth-order valence-corrected chi connectivity index (χ4v) is 3.64. The highest BCUT2D eigenvalue weighted by Crippen LogP contribution is 2.38. The highest BCUT2D eigenvalue weighted by Gasteiger charge is 2.37. The monoisotopic (exact) mass is 297 g/mol.